The molecule has 0 atom stereocenters. The monoisotopic (exact) mass is 224 g/mol. The van der Waals surface area contributed by atoms with Crippen LogP contribution in [0.5, 0.6) is 0 Å². The molecule has 0 aliphatic carbocycles. The molecule has 3 nitrogen and oxygen atoms in total. The molecule has 92 valence electrons. The summed E-state index contributed by atoms with van der Waals surface area (Å²) in [6.07, 6.45) is 2.89. The van der Waals surface area contributed by atoms with Crippen molar-refractivity contribution in [1.82, 2.24) is 5.32 Å². The fraction of sp³-hybridized carbons (Fsp3) is 0.846. The molecule has 0 saturated heterocycles. The number of carbonyl (C=O) groups excluding carboxylic acids is 1. The normalized spacial score (nSPS) is 12.0. The van der Waals surface area contributed by atoms with Crippen LogP contribution >= 0.6 is 0 Å². The molecule has 0 heterocycles. The third-order valence-corrected chi connectivity index (χ3v) is 3.83. The van der Waals surface area contributed by atoms with Crippen LogP contribution in [-0.2, 0) is 4.79 Å². The Morgan fingerprint density at radius 3 is 1.81 bits per heavy atom. The summed E-state index contributed by atoms with van der Waals surface area (Å²) >= 11 is 0. The number of amides is 1. The molecule has 1 amide bonds. The Kier molecular flexibility index (Phi) is 5.50. The molecule has 0 aromatic rings. The van der Waals surface area contributed by atoms with E-state index in [1.807, 2.05) is 20.8 Å². The molecule has 0 saturated carbocycles. The van der Waals surface area contributed by atoms with Crippen LogP contribution < -0.4 is 5.32 Å². The van der Waals surface area contributed by atoms with Crippen LogP contribution in [0.3, 0.4) is 0 Å². The van der Waals surface area contributed by atoms with E-state index in [9.17, 15) is 10.1 Å². The first-order valence-electron chi connectivity index (χ1n) is 6.17. The van der Waals surface area contributed by atoms with Gasteiger partial charge in [-0.3, -0.25) is 4.79 Å². The van der Waals surface area contributed by atoms with Crippen molar-refractivity contribution >= 4 is 5.91 Å². The van der Waals surface area contributed by atoms with Crippen molar-refractivity contribution in [3.8, 4) is 6.07 Å². The minimum atomic E-state index is -0.856. The van der Waals surface area contributed by atoms with Crippen molar-refractivity contribution in [3.63, 3.8) is 0 Å². The highest BCUT2D eigenvalue weighted by Crippen LogP contribution is 2.27. The number of hydrogen-bond donors (Lipinski definition) is 1. The topological polar surface area (TPSA) is 52.9 Å². The second-order valence-corrected chi connectivity index (χ2v) is 4.62. The highest BCUT2D eigenvalue weighted by molar-refractivity contribution is 5.85. The molecule has 0 spiro atoms. The lowest BCUT2D eigenvalue weighted by molar-refractivity contribution is -0.130. The van der Waals surface area contributed by atoms with E-state index >= 15 is 0 Å². The Bertz CT molecular complexity index is 270. The van der Waals surface area contributed by atoms with Gasteiger partial charge in [-0.15, -0.1) is 0 Å². The second-order valence-electron chi connectivity index (χ2n) is 4.62. The first kappa shape index (κ1) is 15.0. The maximum Gasteiger partial charge on any atom is 0.240 e. The second kappa shape index (κ2) is 5.89. The average molecular weight is 224 g/mol. The van der Waals surface area contributed by atoms with E-state index in [-0.39, 0.29) is 11.4 Å². The average Bonchev–Trinajstić information content (AvgIpc) is 2.32. The number of rotatable bonds is 6. The summed E-state index contributed by atoms with van der Waals surface area (Å²) in [5, 5.41) is 12.2. The van der Waals surface area contributed by atoms with E-state index in [4.69, 9.17) is 0 Å². The molecule has 0 fully saturated rings. The number of nitrogens with one attached hydrogen (secondary N) is 1. The fourth-order valence-corrected chi connectivity index (χ4v) is 1.60. The van der Waals surface area contributed by atoms with E-state index in [1.165, 1.54) is 0 Å². The van der Waals surface area contributed by atoms with Gasteiger partial charge in [0.2, 0.25) is 5.91 Å². The van der Waals surface area contributed by atoms with Gasteiger partial charge >= 0.3 is 0 Å². The van der Waals surface area contributed by atoms with Gasteiger partial charge in [0.25, 0.3) is 0 Å². The Balaban J connectivity index is 4.87. The SMILES string of the molecule is CCC(C)(CC)NC(=O)C(C#N)(CC)CC. The highest BCUT2D eigenvalue weighted by atomic mass is 16.2. The fourth-order valence-electron chi connectivity index (χ4n) is 1.60. The zero-order chi connectivity index (χ0) is 12.8. The first-order chi connectivity index (χ1) is 7.43. The van der Waals surface area contributed by atoms with Gasteiger partial charge in [-0.2, -0.15) is 5.26 Å². The summed E-state index contributed by atoms with van der Waals surface area (Å²) in [5.74, 6) is -0.119. The molecule has 0 aromatic carbocycles. The minimum Gasteiger partial charge on any atom is -0.350 e. The lowest BCUT2D eigenvalue weighted by atomic mass is 9.81. The van der Waals surface area contributed by atoms with Gasteiger partial charge in [-0.05, 0) is 32.6 Å². The van der Waals surface area contributed by atoms with Crippen LogP contribution in [0.2, 0.25) is 0 Å². The molecular formula is C13H24N2O. The smallest absolute Gasteiger partial charge is 0.240 e. The Labute approximate surface area is 99.2 Å². The summed E-state index contributed by atoms with van der Waals surface area (Å²) in [7, 11) is 0. The van der Waals surface area contributed by atoms with E-state index in [0.717, 1.165) is 12.8 Å². The lowest BCUT2D eigenvalue weighted by Crippen LogP contribution is -2.51. The van der Waals surface area contributed by atoms with Crippen LogP contribution in [0.4, 0.5) is 0 Å². The molecule has 0 radical (unpaired) electrons. The van der Waals surface area contributed by atoms with Gasteiger partial charge in [0.15, 0.2) is 0 Å². The van der Waals surface area contributed by atoms with Crippen molar-refractivity contribution in [2.24, 2.45) is 5.41 Å². The van der Waals surface area contributed by atoms with Gasteiger partial charge in [0, 0.05) is 5.54 Å². The number of nitriles is 1. The predicted molar refractivity (Wildman–Crippen MR) is 65.8 cm³/mol. The van der Waals surface area contributed by atoms with Gasteiger partial charge < -0.3 is 5.32 Å². The van der Waals surface area contributed by atoms with Gasteiger partial charge in [-0.1, -0.05) is 27.7 Å². The van der Waals surface area contributed by atoms with Gasteiger partial charge in [-0.25, -0.2) is 0 Å². The Hall–Kier alpha value is -1.04. The standard InChI is InChI=1S/C13H24N2O/c1-6-12(5,7-2)15-11(16)13(8-3,9-4)10-14/h6-9H2,1-5H3,(H,15,16). The van der Waals surface area contributed by atoms with Crippen LogP contribution in [-0.4, -0.2) is 11.4 Å². The summed E-state index contributed by atoms with van der Waals surface area (Å²) < 4.78 is 0. The molecule has 0 aliphatic rings. The molecular weight excluding hydrogens is 200 g/mol. The summed E-state index contributed by atoms with van der Waals surface area (Å²) in [4.78, 5) is 12.2. The van der Waals surface area contributed by atoms with Crippen LogP contribution in [0, 0.1) is 16.7 Å². The highest BCUT2D eigenvalue weighted by Gasteiger charge is 2.37. The van der Waals surface area contributed by atoms with Gasteiger partial charge in [0.1, 0.15) is 5.41 Å². The number of carbonyl (C=O) groups is 1. The molecule has 3 heteroatoms. The third kappa shape index (κ3) is 2.98. The summed E-state index contributed by atoms with van der Waals surface area (Å²) in [6, 6.07) is 2.17. The van der Waals surface area contributed by atoms with Crippen molar-refractivity contribution in [2.75, 3.05) is 0 Å². The van der Waals surface area contributed by atoms with E-state index in [2.05, 4.69) is 25.2 Å². The van der Waals surface area contributed by atoms with Crippen LogP contribution in [0.15, 0.2) is 0 Å². The molecule has 0 bridgehead atoms. The maximum atomic E-state index is 12.2. The zero-order valence-electron chi connectivity index (χ0n) is 11.2. The van der Waals surface area contributed by atoms with E-state index in [0.29, 0.717) is 12.8 Å². The Morgan fingerprint density at radius 2 is 1.56 bits per heavy atom. The molecule has 0 aromatic heterocycles. The largest absolute Gasteiger partial charge is 0.350 e. The third-order valence-electron chi connectivity index (χ3n) is 3.83. The van der Waals surface area contributed by atoms with E-state index < -0.39 is 5.41 Å². The van der Waals surface area contributed by atoms with Crippen molar-refractivity contribution in [3.05, 3.63) is 0 Å². The van der Waals surface area contributed by atoms with Crippen molar-refractivity contribution < 1.29 is 4.79 Å². The molecule has 0 rings (SSSR count). The number of nitrogens with zero attached hydrogens (tertiary/aromatic N) is 1. The molecule has 1 N–H and O–H groups in total. The summed E-state index contributed by atoms with van der Waals surface area (Å²) in [6.45, 7) is 9.91. The lowest BCUT2D eigenvalue weighted by Gasteiger charge is -2.33. The first-order valence-corrected chi connectivity index (χ1v) is 6.17. The van der Waals surface area contributed by atoms with Crippen molar-refractivity contribution in [1.29, 1.82) is 5.26 Å². The quantitative estimate of drug-likeness (QED) is 0.754. The van der Waals surface area contributed by atoms with Gasteiger partial charge in [0.05, 0.1) is 6.07 Å². The van der Waals surface area contributed by atoms with Crippen LogP contribution in [0.25, 0.3) is 0 Å². The maximum absolute atomic E-state index is 12.2. The van der Waals surface area contributed by atoms with Crippen LogP contribution in [0.1, 0.15) is 60.3 Å². The van der Waals surface area contributed by atoms with Crippen molar-refractivity contribution in [2.45, 2.75) is 65.8 Å². The molecule has 0 unspecified atom stereocenters. The molecule has 16 heavy (non-hydrogen) atoms. The number of hydrogen-bond acceptors (Lipinski definition) is 2. The van der Waals surface area contributed by atoms with E-state index in [1.54, 1.807) is 0 Å². The Morgan fingerprint density at radius 1 is 1.12 bits per heavy atom. The predicted octanol–water partition coefficient (Wildman–Crippen LogP) is 3.01. The zero-order valence-corrected chi connectivity index (χ0v) is 11.2. The minimum absolute atomic E-state index is 0.119. The molecule has 0 aliphatic heterocycles. The summed E-state index contributed by atoms with van der Waals surface area (Å²) in [5.41, 5.74) is -1.05.